The summed E-state index contributed by atoms with van der Waals surface area (Å²) in [5.74, 6) is 0. The van der Waals surface area contributed by atoms with Crippen LogP contribution in [0.2, 0.25) is 0 Å². The summed E-state index contributed by atoms with van der Waals surface area (Å²) in [7, 11) is 0. The van der Waals surface area contributed by atoms with Crippen LogP contribution >= 0.6 is 0 Å². The Morgan fingerprint density at radius 2 is 0.524 bits per heavy atom. The van der Waals surface area contributed by atoms with E-state index >= 15 is 0 Å². The maximum atomic E-state index is 2.37. The summed E-state index contributed by atoms with van der Waals surface area (Å²) in [4.78, 5) is 0. The fourth-order valence-corrected chi connectivity index (χ4v) is 7.09. The average Bonchev–Trinajstić information content (AvgIpc) is 3.06. The first-order valence-electron chi connectivity index (χ1n) is 14.6. The van der Waals surface area contributed by atoms with Crippen LogP contribution in [0.5, 0.6) is 0 Å². The molecule has 0 radical (unpaired) electrons. The summed E-state index contributed by atoms with van der Waals surface area (Å²) in [6, 6.07) is 58.1. The molecule has 0 bridgehead atoms. The summed E-state index contributed by atoms with van der Waals surface area (Å²) in [6.45, 7) is 0. The van der Waals surface area contributed by atoms with Crippen molar-refractivity contribution in [1.29, 1.82) is 0 Å². The maximum absolute atomic E-state index is 2.37. The van der Waals surface area contributed by atoms with Gasteiger partial charge in [0.15, 0.2) is 0 Å². The predicted molar refractivity (Wildman–Crippen MR) is 182 cm³/mol. The first-order valence-corrected chi connectivity index (χ1v) is 14.6. The molecule has 0 N–H and O–H groups in total. The Morgan fingerprint density at radius 1 is 0.214 bits per heavy atom. The molecule has 0 spiro atoms. The molecular weight excluding hydrogens is 504 g/mol. The molecule has 0 heteroatoms. The molecule has 0 aliphatic rings. The van der Waals surface area contributed by atoms with E-state index in [0.717, 1.165) is 0 Å². The molecule has 0 aromatic heterocycles. The van der Waals surface area contributed by atoms with Gasteiger partial charge in [0.1, 0.15) is 0 Å². The highest BCUT2D eigenvalue weighted by Crippen LogP contribution is 2.45. The molecule has 0 atom stereocenters. The minimum atomic E-state index is 1.25. The first-order chi connectivity index (χ1) is 20.8. The van der Waals surface area contributed by atoms with E-state index in [0.29, 0.717) is 0 Å². The standard InChI is InChI=1S/C42H26/c1-3-11-33-27(9-1)17-19-29-25-31(21-23-35(29)33)41-37-13-5-7-15-39(37)42(40-16-8-6-14-38(40)41)32-22-24-36-30(26-32)20-18-28-10-2-4-12-34(28)36/h1-26H. The third-order valence-corrected chi connectivity index (χ3v) is 9.00. The summed E-state index contributed by atoms with van der Waals surface area (Å²) in [6.07, 6.45) is 0. The zero-order valence-electron chi connectivity index (χ0n) is 23.0. The lowest BCUT2D eigenvalue weighted by molar-refractivity contribution is 1.69. The van der Waals surface area contributed by atoms with Crippen molar-refractivity contribution in [3.05, 3.63) is 158 Å². The normalized spacial score (nSPS) is 11.8. The number of hydrogen-bond donors (Lipinski definition) is 0. The Kier molecular flexibility index (Phi) is 5.00. The summed E-state index contributed by atoms with van der Waals surface area (Å²) >= 11 is 0. The summed E-state index contributed by atoms with van der Waals surface area (Å²) in [5, 5.41) is 15.4. The van der Waals surface area contributed by atoms with E-state index in [1.807, 2.05) is 0 Å². The van der Waals surface area contributed by atoms with Gasteiger partial charge in [-0.1, -0.05) is 146 Å². The highest BCUT2D eigenvalue weighted by Gasteiger charge is 2.17. The number of hydrogen-bond acceptors (Lipinski definition) is 0. The largest absolute Gasteiger partial charge is 0.0616 e. The van der Waals surface area contributed by atoms with Crippen molar-refractivity contribution >= 4 is 64.6 Å². The van der Waals surface area contributed by atoms with E-state index in [-0.39, 0.29) is 0 Å². The molecule has 0 heterocycles. The van der Waals surface area contributed by atoms with E-state index in [1.54, 1.807) is 0 Å². The number of rotatable bonds is 2. The Morgan fingerprint density at radius 3 is 0.929 bits per heavy atom. The molecule has 0 saturated carbocycles. The van der Waals surface area contributed by atoms with E-state index < -0.39 is 0 Å². The van der Waals surface area contributed by atoms with Crippen LogP contribution < -0.4 is 0 Å². The van der Waals surface area contributed by atoms with Crippen molar-refractivity contribution in [2.45, 2.75) is 0 Å². The minimum absolute atomic E-state index is 1.25. The molecule has 0 fully saturated rings. The van der Waals surface area contributed by atoms with Crippen LogP contribution in [-0.2, 0) is 0 Å². The Bertz CT molecular complexity index is 2280. The monoisotopic (exact) mass is 530 g/mol. The molecule has 9 aromatic rings. The Hall–Kier alpha value is -5.46. The van der Waals surface area contributed by atoms with Gasteiger partial charge >= 0.3 is 0 Å². The van der Waals surface area contributed by atoms with Gasteiger partial charge in [-0.25, -0.2) is 0 Å². The molecule has 0 nitrogen and oxygen atoms in total. The van der Waals surface area contributed by atoms with Gasteiger partial charge in [-0.05, 0) is 99.0 Å². The third kappa shape index (κ3) is 3.42. The van der Waals surface area contributed by atoms with Crippen molar-refractivity contribution in [2.24, 2.45) is 0 Å². The lowest BCUT2D eigenvalue weighted by Crippen LogP contribution is -1.91. The maximum Gasteiger partial charge on any atom is -0.00262 e. The number of benzene rings is 9. The van der Waals surface area contributed by atoms with Gasteiger partial charge in [-0.2, -0.15) is 0 Å². The molecule has 0 aliphatic heterocycles. The molecule has 0 amide bonds. The second-order valence-corrected chi connectivity index (χ2v) is 11.3. The van der Waals surface area contributed by atoms with E-state index in [2.05, 4.69) is 158 Å². The topological polar surface area (TPSA) is 0 Å². The van der Waals surface area contributed by atoms with Crippen LogP contribution in [-0.4, -0.2) is 0 Å². The van der Waals surface area contributed by atoms with Crippen molar-refractivity contribution in [2.75, 3.05) is 0 Å². The molecule has 9 aromatic carbocycles. The third-order valence-electron chi connectivity index (χ3n) is 9.00. The zero-order valence-corrected chi connectivity index (χ0v) is 23.0. The van der Waals surface area contributed by atoms with Crippen LogP contribution in [0.25, 0.3) is 86.9 Å². The van der Waals surface area contributed by atoms with Crippen LogP contribution in [0.15, 0.2) is 158 Å². The van der Waals surface area contributed by atoms with Crippen molar-refractivity contribution in [3.8, 4) is 22.3 Å². The first kappa shape index (κ1) is 23.3. The van der Waals surface area contributed by atoms with Crippen molar-refractivity contribution in [3.63, 3.8) is 0 Å². The van der Waals surface area contributed by atoms with Gasteiger partial charge in [-0.3, -0.25) is 0 Å². The minimum Gasteiger partial charge on any atom is -0.0616 e. The molecule has 42 heavy (non-hydrogen) atoms. The number of fused-ring (bicyclic) bond motifs is 8. The zero-order chi connectivity index (χ0) is 27.6. The summed E-state index contributed by atoms with van der Waals surface area (Å²) < 4.78 is 0. The Labute approximate surface area is 244 Å². The van der Waals surface area contributed by atoms with Gasteiger partial charge in [0.05, 0.1) is 0 Å². The van der Waals surface area contributed by atoms with E-state index in [1.165, 1.54) is 86.9 Å². The van der Waals surface area contributed by atoms with Gasteiger partial charge in [0.2, 0.25) is 0 Å². The lowest BCUT2D eigenvalue weighted by atomic mass is 9.85. The second kappa shape index (κ2) is 9.03. The quantitative estimate of drug-likeness (QED) is 0.154. The molecule has 0 aliphatic carbocycles. The molecule has 9 rings (SSSR count). The fourth-order valence-electron chi connectivity index (χ4n) is 7.09. The van der Waals surface area contributed by atoms with Crippen LogP contribution in [0.3, 0.4) is 0 Å². The van der Waals surface area contributed by atoms with E-state index in [4.69, 9.17) is 0 Å². The van der Waals surface area contributed by atoms with E-state index in [9.17, 15) is 0 Å². The summed E-state index contributed by atoms with van der Waals surface area (Å²) in [5.41, 5.74) is 5.10. The average molecular weight is 531 g/mol. The Balaban J connectivity index is 1.33. The smallest absolute Gasteiger partial charge is 0.00262 e. The van der Waals surface area contributed by atoms with Gasteiger partial charge in [-0.15, -0.1) is 0 Å². The second-order valence-electron chi connectivity index (χ2n) is 11.3. The van der Waals surface area contributed by atoms with Gasteiger partial charge in [0, 0.05) is 0 Å². The molecule has 0 saturated heterocycles. The van der Waals surface area contributed by atoms with Crippen LogP contribution in [0.4, 0.5) is 0 Å². The predicted octanol–water partition coefficient (Wildman–Crippen LogP) is 11.9. The molecule has 0 unspecified atom stereocenters. The van der Waals surface area contributed by atoms with Crippen molar-refractivity contribution in [1.82, 2.24) is 0 Å². The lowest BCUT2D eigenvalue weighted by Gasteiger charge is -2.18. The van der Waals surface area contributed by atoms with Crippen molar-refractivity contribution < 1.29 is 0 Å². The highest BCUT2D eigenvalue weighted by atomic mass is 14.2. The fraction of sp³-hybridized carbons (Fsp3) is 0. The molecular formula is C42H26. The van der Waals surface area contributed by atoms with Gasteiger partial charge in [0.25, 0.3) is 0 Å². The SMILES string of the molecule is c1ccc2c(c1)ccc1cc(-c3c4ccccc4c(-c4ccc5c(ccc6ccccc65)c4)c4ccccc34)ccc12. The molecule has 194 valence electrons. The van der Waals surface area contributed by atoms with Gasteiger partial charge < -0.3 is 0 Å². The van der Waals surface area contributed by atoms with Crippen LogP contribution in [0.1, 0.15) is 0 Å². The highest BCUT2D eigenvalue weighted by molar-refractivity contribution is 6.23. The van der Waals surface area contributed by atoms with Crippen LogP contribution in [0, 0.1) is 0 Å².